The number of nitrogens with one attached hydrogen (secondary N) is 1. The second kappa shape index (κ2) is 6.85. The number of benzene rings is 1. The molecule has 0 radical (unpaired) electrons. The van der Waals surface area contributed by atoms with E-state index in [9.17, 15) is 26.7 Å². The van der Waals surface area contributed by atoms with Crippen LogP contribution in [-0.2, 0) is 7.05 Å². The molecule has 0 aliphatic carbocycles. The van der Waals surface area contributed by atoms with Crippen molar-refractivity contribution in [2.24, 2.45) is 7.05 Å². The molecule has 0 saturated carbocycles. The van der Waals surface area contributed by atoms with Gasteiger partial charge in [-0.1, -0.05) is 18.2 Å². The van der Waals surface area contributed by atoms with E-state index in [1.54, 1.807) is 18.2 Å². The summed E-state index contributed by atoms with van der Waals surface area (Å²) in [6.07, 6.45) is -7.85. The first-order valence-corrected chi connectivity index (χ1v) is 6.60. The molecule has 0 fully saturated rings. The predicted molar refractivity (Wildman–Crippen MR) is 74.1 cm³/mol. The average Bonchev–Trinajstić information content (AvgIpc) is 2.82. The van der Waals surface area contributed by atoms with E-state index < -0.39 is 42.3 Å². The first-order valence-electron chi connectivity index (χ1n) is 6.60. The highest BCUT2D eigenvalue weighted by atomic mass is 19.4. The molecule has 5 nitrogen and oxygen atoms in total. The summed E-state index contributed by atoms with van der Waals surface area (Å²) < 4.78 is 68.2. The Morgan fingerprint density at radius 3 is 2.46 bits per heavy atom. The van der Waals surface area contributed by atoms with Crippen LogP contribution >= 0.6 is 0 Å². The third-order valence-corrected chi connectivity index (χ3v) is 2.86. The number of aromatic nitrogens is 2. The number of hydrogen-bond acceptors (Lipinski definition) is 3. The second-order valence-electron chi connectivity index (χ2n) is 4.71. The average molecular weight is 349 g/mol. The lowest BCUT2D eigenvalue weighted by Crippen LogP contribution is -2.22. The van der Waals surface area contributed by atoms with E-state index in [1.807, 2.05) is 0 Å². The number of rotatable bonds is 5. The Labute approximate surface area is 133 Å². The third-order valence-electron chi connectivity index (χ3n) is 2.86. The predicted octanol–water partition coefficient (Wildman–Crippen LogP) is 3.55. The topological polar surface area (TPSA) is 56.2 Å². The summed E-state index contributed by atoms with van der Waals surface area (Å²) in [5, 5.41) is 5.70. The summed E-state index contributed by atoms with van der Waals surface area (Å²) in [6.45, 7) is -1.74. The van der Waals surface area contributed by atoms with E-state index in [-0.39, 0.29) is 5.69 Å². The minimum Gasteiger partial charge on any atom is -0.468 e. The zero-order valence-corrected chi connectivity index (χ0v) is 12.3. The van der Waals surface area contributed by atoms with E-state index in [0.717, 1.165) is 7.05 Å². The fourth-order valence-corrected chi connectivity index (χ4v) is 1.93. The van der Waals surface area contributed by atoms with Gasteiger partial charge >= 0.3 is 6.18 Å². The monoisotopic (exact) mass is 349 g/mol. The van der Waals surface area contributed by atoms with Crippen LogP contribution in [-0.4, -0.2) is 28.5 Å². The Hall–Kier alpha value is -2.65. The van der Waals surface area contributed by atoms with Crippen molar-refractivity contribution in [3.63, 3.8) is 0 Å². The lowest BCUT2D eigenvalue weighted by molar-refractivity contribution is -0.154. The standard InChI is InChI=1S/C14H12F5N3O2/c1-22-13(24-7-14(17,18)19)9(10(21-22)11(15)16)12(23)20-8-5-3-2-4-6-8/h2-6,11H,7H2,1H3,(H,20,23). The Kier molecular flexibility index (Phi) is 5.05. The van der Waals surface area contributed by atoms with Crippen molar-refractivity contribution in [3.05, 3.63) is 41.6 Å². The molecule has 1 N–H and O–H groups in total. The molecule has 2 rings (SSSR count). The summed E-state index contributed by atoms with van der Waals surface area (Å²) in [7, 11) is 1.11. The number of alkyl halides is 5. The van der Waals surface area contributed by atoms with E-state index in [4.69, 9.17) is 0 Å². The number of amides is 1. The Morgan fingerprint density at radius 2 is 1.92 bits per heavy atom. The molecule has 1 heterocycles. The number of aryl methyl sites for hydroxylation is 1. The minimum absolute atomic E-state index is 0.286. The molecule has 24 heavy (non-hydrogen) atoms. The van der Waals surface area contributed by atoms with Gasteiger partial charge in [-0.3, -0.25) is 4.79 Å². The van der Waals surface area contributed by atoms with Crippen molar-refractivity contribution in [1.82, 2.24) is 9.78 Å². The lowest BCUT2D eigenvalue weighted by atomic mass is 10.2. The van der Waals surface area contributed by atoms with Gasteiger partial charge in [-0.25, -0.2) is 13.5 Å². The highest BCUT2D eigenvalue weighted by Crippen LogP contribution is 2.31. The van der Waals surface area contributed by atoms with Crippen molar-refractivity contribution in [2.45, 2.75) is 12.6 Å². The van der Waals surface area contributed by atoms with Crippen molar-refractivity contribution < 1.29 is 31.5 Å². The number of carbonyl (C=O) groups excluding carboxylic acids is 1. The number of nitrogens with zero attached hydrogens (tertiary/aromatic N) is 2. The van der Waals surface area contributed by atoms with Crippen LogP contribution in [0.5, 0.6) is 5.88 Å². The molecule has 1 amide bonds. The van der Waals surface area contributed by atoms with Gasteiger partial charge in [-0.05, 0) is 12.1 Å². The maximum atomic E-state index is 13.1. The van der Waals surface area contributed by atoms with Gasteiger partial charge in [0, 0.05) is 12.7 Å². The number of carbonyl (C=O) groups is 1. The molecule has 1 aromatic carbocycles. The van der Waals surface area contributed by atoms with Gasteiger partial charge in [0.1, 0.15) is 11.3 Å². The van der Waals surface area contributed by atoms with Gasteiger partial charge in [-0.15, -0.1) is 0 Å². The molecule has 2 aromatic rings. The highest BCUT2D eigenvalue weighted by Gasteiger charge is 2.33. The molecule has 0 spiro atoms. The van der Waals surface area contributed by atoms with Gasteiger partial charge in [-0.2, -0.15) is 18.3 Å². The lowest BCUT2D eigenvalue weighted by Gasteiger charge is -2.11. The molecule has 1 aromatic heterocycles. The van der Waals surface area contributed by atoms with Gasteiger partial charge in [0.25, 0.3) is 12.3 Å². The Morgan fingerprint density at radius 1 is 1.29 bits per heavy atom. The minimum atomic E-state index is -4.69. The first-order chi connectivity index (χ1) is 11.2. The van der Waals surface area contributed by atoms with Crippen LogP contribution in [0.25, 0.3) is 0 Å². The Balaban J connectivity index is 2.36. The van der Waals surface area contributed by atoms with Crippen LogP contribution in [0.1, 0.15) is 22.5 Å². The van der Waals surface area contributed by atoms with Crippen LogP contribution in [0.15, 0.2) is 30.3 Å². The van der Waals surface area contributed by atoms with Crippen molar-refractivity contribution in [1.29, 1.82) is 0 Å². The molecule has 0 aliphatic rings. The summed E-state index contributed by atoms with van der Waals surface area (Å²) in [5.41, 5.74) is -1.41. The van der Waals surface area contributed by atoms with E-state index in [1.165, 1.54) is 12.1 Å². The highest BCUT2D eigenvalue weighted by molar-refractivity contribution is 6.06. The van der Waals surface area contributed by atoms with E-state index in [0.29, 0.717) is 4.68 Å². The van der Waals surface area contributed by atoms with E-state index >= 15 is 0 Å². The van der Waals surface area contributed by atoms with Gasteiger partial charge in [0.2, 0.25) is 5.88 Å². The van der Waals surface area contributed by atoms with Crippen LogP contribution in [0.2, 0.25) is 0 Å². The van der Waals surface area contributed by atoms with Crippen LogP contribution in [0.4, 0.5) is 27.6 Å². The van der Waals surface area contributed by atoms with Crippen molar-refractivity contribution in [2.75, 3.05) is 11.9 Å². The summed E-state index contributed by atoms with van der Waals surface area (Å²) >= 11 is 0. The summed E-state index contributed by atoms with van der Waals surface area (Å²) in [4.78, 5) is 12.2. The summed E-state index contributed by atoms with van der Waals surface area (Å²) in [6, 6.07) is 7.84. The van der Waals surface area contributed by atoms with Crippen LogP contribution in [0, 0.1) is 0 Å². The van der Waals surface area contributed by atoms with Gasteiger partial charge in [0.05, 0.1) is 0 Å². The molecule has 0 bridgehead atoms. The fourth-order valence-electron chi connectivity index (χ4n) is 1.93. The van der Waals surface area contributed by atoms with Gasteiger partial charge < -0.3 is 10.1 Å². The second-order valence-corrected chi connectivity index (χ2v) is 4.71. The molecular formula is C14H12F5N3O2. The molecule has 0 aliphatic heterocycles. The zero-order chi connectivity index (χ0) is 17.9. The maximum Gasteiger partial charge on any atom is 0.422 e. The molecule has 0 unspecified atom stereocenters. The quantitative estimate of drug-likeness (QED) is 0.840. The SMILES string of the molecule is Cn1nc(C(F)F)c(C(=O)Nc2ccccc2)c1OCC(F)(F)F. The van der Waals surface area contributed by atoms with E-state index in [2.05, 4.69) is 15.2 Å². The zero-order valence-electron chi connectivity index (χ0n) is 12.3. The van der Waals surface area contributed by atoms with Crippen LogP contribution < -0.4 is 10.1 Å². The molecular weight excluding hydrogens is 337 g/mol. The normalized spacial score (nSPS) is 11.6. The largest absolute Gasteiger partial charge is 0.468 e. The molecule has 10 heteroatoms. The number of para-hydroxylation sites is 1. The van der Waals surface area contributed by atoms with Crippen LogP contribution in [0.3, 0.4) is 0 Å². The first kappa shape index (κ1) is 17.7. The fraction of sp³-hybridized carbons (Fsp3) is 0.286. The number of hydrogen-bond donors (Lipinski definition) is 1. The van der Waals surface area contributed by atoms with Crippen molar-refractivity contribution in [3.8, 4) is 5.88 Å². The summed E-state index contributed by atoms with van der Waals surface area (Å²) in [5.74, 6) is -1.72. The number of halogens is 5. The van der Waals surface area contributed by atoms with Gasteiger partial charge in [0.15, 0.2) is 6.61 Å². The number of anilines is 1. The smallest absolute Gasteiger partial charge is 0.422 e. The molecule has 130 valence electrons. The molecule has 0 saturated heterocycles. The molecule has 0 atom stereocenters. The third kappa shape index (κ3) is 4.21. The Bertz CT molecular complexity index is 713. The van der Waals surface area contributed by atoms with Crippen molar-refractivity contribution >= 4 is 11.6 Å². The maximum absolute atomic E-state index is 13.1. The number of ether oxygens (including phenoxy) is 1.